The Morgan fingerprint density at radius 2 is 2.20 bits per heavy atom. The highest BCUT2D eigenvalue weighted by atomic mass is 32.1. The summed E-state index contributed by atoms with van der Waals surface area (Å²) >= 11 is 3.46. The van der Waals surface area contributed by atoms with E-state index in [0.717, 1.165) is 24.9 Å². The zero-order valence-electron chi connectivity index (χ0n) is 14.0. The largest absolute Gasteiger partial charge is 0.389 e. The Bertz CT molecular complexity index is 770. The zero-order valence-corrected chi connectivity index (χ0v) is 15.6. The molecule has 1 aliphatic heterocycles. The van der Waals surface area contributed by atoms with Gasteiger partial charge in [0.05, 0.1) is 35.6 Å². The molecule has 4 rings (SSSR count). The van der Waals surface area contributed by atoms with E-state index in [9.17, 15) is 5.11 Å². The summed E-state index contributed by atoms with van der Waals surface area (Å²) in [4.78, 5) is 8.37. The number of aliphatic hydroxyl groups excluding tert-OH is 1. The summed E-state index contributed by atoms with van der Waals surface area (Å²) in [6, 6.07) is 12.7. The highest BCUT2D eigenvalue weighted by molar-refractivity contribution is 7.18. The van der Waals surface area contributed by atoms with Crippen molar-refractivity contribution < 1.29 is 9.84 Å². The van der Waals surface area contributed by atoms with E-state index >= 15 is 0 Å². The van der Waals surface area contributed by atoms with Gasteiger partial charge in [0.1, 0.15) is 5.01 Å². The maximum atomic E-state index is 10.4. The van der Waals surface area contributed by atoms with Gasteiger partial charge in [0.25, 0.3) is 0 Å². The molecule has 0 saturated carbocycles. The quantitative estimate of drug-likeness (QED) is 0.677. The van der Waals surface area contributed by atoms with Crippen LogP contribution in [0, 0.1) is 0 Å². The number of aliphatic hydroxyl groups is 1. The lowest BCUT2D eigenvalue weighted by atomic mass is 10.2. The maximum Gasteiger partial charge on any atom is 0.111 e. The van der Waals surface area contributed by atoms with Gasteiger partial charge in [-0.2, -0.15) is 0 Å². The molecule has 0 spiro atoms. The van der Waals surface area contributed by atoms with Crippen molar-refractivity contribution in [3.05, 3.63) is 51.7 Å². The summed E-state index contributed by atoms with van der Waals surface area (Å²) in [6.07, 6.45) is 1.81. The fourth-order valence-corrected chi connectivity index (χ4v) is 5.15. The highest BCUT2D eigenvalue weighted by Crippen LogP contribution is 2.36. The summed E-state index contributed by atoms with van der Waals surface area (Å²) in [5.41, 5.74) is 1.08. The second-order valence-electron chi connectivity index (χ2n) is 6.42. The minimum Gasteiger partial charge on any atom is -0.389 e. The molecule has 0 amide bonds. The molecule has 4 nitrogen and oxygen atoms in total. The number of β-amino-alcohol motifs (C(OH)–C–C–N with tert-alkyl or cyclic N) is 1. The van der Waals surface area contributed by atoms with Gasteiger partial charge in [0.2, 0.25) is 0 Å². The van der Waals surface area contributed by atoms with E-state index in [1.54, 1.807) is 22.7 Å². The van der Waals surface area contributed by atoms with Crippen LogP contribution in [0.3, 0.4) is 0 Å². The molecule has 3 heterocycles. The number of hydrogen-bond donors (Lipinski definition) is 1. The Kier molecular flexibility index (Phi) is 5.43. The molecular weight excluding hydrogens is 352 g/mol. The molecule has 3 aromatic rings. The Morgan fingerprint density at radius 1 is 1.28 bits per heavy atom. The van der Waals surface area contributed by atoms with Crippen LogP contribution in [0.4, 0.5) is 0 Å². The predicted molar refractivity (Wildman–Crippen MR) is 103 cm³/mol. The topological polar surface area (TPSA) is 45.6 Å². The third-order valence-corrected chi connectivity index (χ3v) is 6.53. The van der Waals surface area contributed by atoms with Crippen molar-refractivity contribution in [1.82, 2.24) is 9.88 Å². The SMILES string of the molecule is OC(COCc1cccs1)CN1CCCC1c1nc2ccccc2s1. The van der Waals surface area contributed by atoms with Gasteiger partial charge in [-0.1, -0.05) is 18.2 Å². The van der Waals surface area contributed by atoms with Crippen LogP contribution < -0.4 is 0 Å². The van der Waals surface area contributed by atoms with Crippen molar-refractivity contribution in [2.24, 2.45) is 0 Å². The Hall–Kier alpha value is -1.31. The van der Waals surface area contributed by atoms with Gasteiger partial charge in [-0.25, -0.2) is 4.98 Å². The normalized spacial score (nSPS) is 19.6. The first-order chi connectivity index (χ1) is 12.3. The summed E-state index contributed by atoms with van der Waals surface area (Å²) in [7, 11) is 0. The molecule has 2 atom stereocenters. The molecule has 132 valence electrons. The number of aromatic nitrogens is 1. The van der Waals surface area contributed by atoms with Gasteiger partial charge in [0.15, 0.2) is 0 Å². The molecule has 2 unspecified atom stereocenters. The van der Waals surface area contributed by atoms with Crippen molar-refractivity contribution in [3.63, 3.8) is 0 Å². The number of thiophene rings is 1. The van der Waals surface area contributed by atoms with E-state index in [4.69, 9.17) is 9.72 Å². The third-order valence-electron chi connectivity index (χ3n) is 4.54. The Morgan fingerprint density at radius 3 is 3.04 bits per heavy atom. The van der Waals surface area contributed by atoms with Crippen LogP contribution in [0.2, 0.25) is 0 Å². The van der Waals surface area contributed by atoms with Crippen LogP contribution in [0.15, 0.2) is 41.8 Å². The van der Waals surface area contributed by atoms with Crippen LogP contribution in [-0.4, -0.2) is 40.8 Å². The van der Waals surface area contributed by atoms with Crippen molar-refractivity contribution >= 4 is 32.9 Å². The average molecular weight is 375 g/mol. The molecule has 1 fully saturated rings. The van der Waals surface area contributed by atoms with Crippen LogP contribution in [0.1, 0.15) is 28.8 Å². The van der Waals surface area contributed by atoms with Crippen molar-refractivity contribution in [3.8, 4) is 0 Å². The van der Waals surface area contributed by atoms with Gasteiger partial charge in [-0.3, -0.25) is 4.90 Å². The van der Waals surface area contributed by atoms with E-state index in [1.165, 1.54) is 14.6 Å². The molecule has 6 heteroatoms. The summed E-state index contributed by atoms with van der Waals surface area (Å²) in [5.74, 6) is 0. The second kappa shape index (κ2) is 7.93. The molecule has 2 aromatic heterocycles. The van der Waals surface area contributed by atoms with Crippen LogP contribution in [0.5, 0.6) is 0 Å². The second-order valence-corrected chi connectivity index (χ2v) is 8.52. The number of ether oxygens (including phenoxy) is 1. The standard InChI is InChI=1S/C19H22N2O2S2/c22-14(12-23-13-15-5-4-10-24-15)11-21-9-3-7-17(21)19-20-16-6-1-2-8-18(16)25-19/h1-2,4-6,8,10,14,17,22H,3,7,9,11-13H2. The van der Waals surface area contributed by atoms with Gasteiger partial charge >= 0.3 is 0 Å². The van der Waals surface area contributed by atoms with E-state index in [-0.39, 0.29) is 0 Å². The molecule has 0 bridgehead atoms. The van der Waals surface area contributed by atoms with Gasteiger partial charge in [-0.05, 0) is 43.0 Å². The maximum absolute atomic E-state index is 10.4. The molecular formula is C19H22N2O2S2. The Labute approximate surface area is 155 Å². The average Bonchev–Trinajstić information content (AvgIpc) is 3.34. The van der Waals surface area contributed by atoms with Crippen molar-refractivity contribution in [2.75, 3.05) is 19.7 Å². The first kappa shape index (κ1) is 17.1. The van der Waals surface area contributed by atoms with Gasteiger partial charge in [0, 0.05) is 11.4 Å². The van der Waals surface area contributed by atoms with Gasteiger partial charge in [-0.15, -0.1) is 22.7 Å². The fraction of sp³-hybridized carbons (Fsp3) is 0.421. The lowest BCUT2D eigenvalue weighted by Crippen LogP contribution is -2.34. The fourth-order valence-electron chi connectivity index (χ4n) is 3.37. The van der Waals surface area contributed by atoms with Crippen molar-refractivity contribution in [2.45, 2.75) is 31.6 Å². The first-order valence-corrected chi connectivity index (χ1v) is 10.4. The summed E-state index contributed by atoms with van der Waals surface area (Å²) in [5, 5.41) is 13.6. The number of hydrogen-bond acceptors (Lipinski definition) is 6. The number of nitrogens with zero attached hydrogens (tertiary/aromatic N) is 2. The van der Waals surface area contributed by atoms with Crippen LogP contribution in [-0.2, 0) is 11.3 Å². The molecule has 1 aromatic carbocycles. The molecule has 1 N–H and O–H groups in total. The number of para-hydroxylation sites is 1. The first-order valence-electron chi connectivity index (χ1n) is 8.67. The predicted octanol–water partition coefficient (Wildman–Crippen LogP) is 4.07. The number of fused-ring (bicyclic) bond motifs is 1. The van der Waals surface area contributed by atoms with Crippen molar-refractivity contribution in [1.29, 1.82) is 0 Å². The Balaban J connectivity index is 1.34. The lowest BCUT2D eigenvalue weighted by molar-refractivity contribution is 0.00848. The minimum absolute atomic E-state index is 0.323. The number of thiazole rings is 1. The lowest BCUT2D eigenvalue weighted by Gasteiger charge is -2.25. The molecule has 25 heavy (non-hydrogen) atoms. The molecule has 1 aliphatic rings. The van der Waals surface area contributed by atoms with Crippen LogP contribution in [0.25, 0.3) is 10.2 Å². The van der Waals surface area contributed by atoms with Gasteiger partial charge < -0.3 is 9.84 Å². The van der Waals surface area contributed by atoms with E-state index in [2.05, 4.69) is 29.2 Å². The number of rotatable bonds is 7. The van der Waals surface area contributed by atoms with E-state index < -0.39 is 6.10 Å². The smallest absolute Gasteiger partial charge is 0.111 e. The molecule has 0 radical (unpaired) electrons. The summed E-state index contributed by atoms with van der Waals surface area (Å²) in [6.45, 7) is 2.62. The molecule has 0 aliphatic carbocycles. The third kappa shape index (κ3) is 4.10. The monoisotopic (exact) mass is 374 g/mol. The van der Waals surface area contributed by atoms with E-state index in [0.29, 0.717) is 25.8 Å². The number of benzene rings is 1. The minimum atomic E-state index is -0.463. The van der Waals surface area contributed by atoms with E-state index in [1.807, 2.05) is 17.5 Å². The highest BCUT2D eigenvalue weighted by Gasteiger charge is 2.30. The molecule has 1 saturated heterocycles. The zero-order chi connectivity index (χ0) is 17.1. The van der Waals surface area contributed by atoms with Crippen LogP contribution >= 0.6 is 22.7 Å². The summed E-state index contributed by atoms with van der Waals surface area (Å²) < 4.78 is 6.90. The number of likely N-dealkylation sites (tertiary alicyclic amines) is 1.